The molecule has 0 amide bonds. The van der Waals surface area contributed by atoms with Gasteiger partial charge in [0.05, 0.1) is 16.0 Å². The molecule has 0 aliphatic heterocycles. The highest BCUT2D eigenvalue weighted by Gasteiger charge is 2.41. The lowest BCUT2D eigenvalue weighted by Crippen LogP contribution is -2.52. The maximum atomic E-state index is 13.0. The fraction of sp³-hybridized carbons (Fsp3) is 0.667. The Bertz CT molecular complexity index is 492. The third-order valence-corrected chi connectivity index (χ3v) is 6.68. The molecule has 0 spiro atoms. The molecule has 0 saturated heterocycles. The van der Waals surface area contributed by atoms with Crippen LogP contribution in [0.25, 0.3) is 0 Å². The highest BCUT2D eigenvalue weighted by atomic mass is 32.2. The molecule has 0 heterocycles. The Morgan fingerprint density at radius 2 is 1.86 bits per heavy atom. The zero-order valence-corrected chi connectivity index (χ0v) is 14.8. The molecule has 3 heteroatoms. The largest absolute Gasteiger partial charge is 0.315 e. The van der Waals surface area contributed by atoms with Gasteiger partial charge in [-0.2, -0.15) is 0 Å². The van der Waals surface area contributed by atoms with Gasteiger partial charge < -0.3 is 5.32 Å². The monoisotopic (exact) mass is 307 g/mol. The van der Waals surface area contributed by atoms with Gasteiger partial charge in [0.2, 0.25) is 0 Å². The van der Waals surface area contributed by atoms with Gasteiger partial charge in [0.25, 0.3) is 0 Å². The summed E-state index contributed by atoms with van der Waals surface area (Å²) in [7, 11) is 1.07. The van der Waals surface area contributed by atoms with Gasteiger partial charge >= 0.3 is 0 Å². The van der Waals surface area contributed by atoms with E-state index in [4.69, 9.17) is 0 Å². The summed E-state index contributed by atoms with van der Waals surface area (Å²) < 4.78 is 13.0. The number of hydrogen-bond acceptors (Lipinski definition) is 2. The Balaban J connectivity index is 2.21. The summed E-state index contributed by atoms with van der Waals surface area (Å²) >= 11 is 0. The van der Waals surface area contributed by atoms with Crippen molar-refractivity contribution in [3.8, 4) is 0 Å². The van der Waals surface area contributed by atoms with Crippen molar-refractivity contribution in [2.45, 2.75) is 69.1 Å². The first-order valence-electron chi connectivity index (χ1n) is 8.04. The summed E-state index contributed by atoms with van der Waals surface area (Å²) in [4.78, 5) is 0.974. The molecule has 0 bridgehead atoms. The first-order chi connectivity index (χ1) is 9.86. The third-order valence-electron chi connectivity index (χ3n) is 4.89. The van der Waals surface area contributed by atoms with E-state index in [0.717, 1.165) is 11.3 Å². The molecule has 3 atom stereocenters. The van der Waals surface area contributed by atoms with E-state index in [0.29, 0.717) is 12.0 Å². The summed E-state index contributed by atoms with van der Waals surface area (Å²) in [6.07, 6.45) is 3.43. The molecule has 1 aliphatic rings. The molecule has 0 radical (unpaired) electrons. The molecule has 1 aromatic carbocycles. The Hall–Kier alpha value is -0.670. The van der Waals surface area contributed by atoms with Gasteiger partial charge in [-0.25, -0.2) is 0 Å². The molecule has 1 N–H and O–H groups in total. The summed E-state index contributed by atoms with van der Waals surface area (Å²) in [5.74, 6) is 0.520. The van der Waals surface area contributed by atoms with Crippen LogP contribution in [0, 0.1) is 5.41 Å². The van der Waals surface area contributed by atoms with Gasteiger partial charge in [0.1, 0.15) is 0 Å². The zero-order chi connectivity index (χ0) is 15.6. The quantitative estimate of drug-likeness (QED) is 0.908. The fourth-order valence-corrected chi connectivity index (χ4v) is 5.44. The number of nitrogens with one attached hydrogen (secondary N) is 1. The molecule has 1 aromatic rings. The third kappa shape index (κ3) is 3.57. The smallest absolute Gasteiger partial charge is 0.0576 e. The van der Waals surface area contributed by atoms with Gasteiger partial charge in [-0.15, -0.1) is 0 Å². The van der Waals surface area contributed by atoms with Crippen molar-refractivity contribution in [3.05, 3.63) is 29.8 Å². The maximum Gasteiger partial charge on any atom is 0.0576 e. The Kier molecular flexibility index (Phi) is 5.26. The van der Waals surface area contributed by atoms with Gasteiger partial charge in [0, 0.05) is 10.9 Å². The lowest BCUT2D eigenvalue weighted by atomic mass is 9.73. The maximum absolute atomic E-state index is 13.0. The van der Waals surface area contributed by atoms with Crippen LogP contribution in [0.4, 0.5) is 0 Å². The Morgan fingerprint density at radius 1 is 1.24 bits per heavy atom. The van der Waals surface area contributed by atoms with Crippen LogP contribution in [-0.4, -0.2) is 22.5 Å². The number of rotatable bonds is 4. The van der Waals surface area contributed by atoms with Crippen molar-refractivity contribution < 1.29 is 4.21 Å². The normalized spacial score (nSPS) is 26.8. The minimum absolute atomic E-state index is 0.212. The van der Waals surface area contributed by atoms with Crippen molar-refractivity contribution in [2.24, 2.45) is 5.41 Å². The molecule has 1 fully saturated rings. The van der Waals surface area contributed by atoms with Crippen molar-refractivity contribution in [1.82, 2.24) is 5.32 Å². The lowest BCUT2D eigenvalue weighted by molar-refractivity contribution is 0.180. The van der Waals surface area contributed by atoms with E-state index >= 15 is 0 Å². The molecule has 1 aliphatic carbocycles. The fourth-order valence-electron chi connectivity index (χ4n) is 3.55. The van der Waals surface area contributed by atoms with Crippen LogP contribution < -0.4 is 5.32 Å². The second kappa shape index (κ2) is 6.62. The van der Waals surface area contributed by atoms with Gasteiger partial charge in [0.15, 0.2) is 0 Å². The standard InChI is InChI=1S/C18H29NOS/c1-13(2)14-8-10-15(11-9-14)21(20)16-7-6-12-18(3,4)17(16)19-5/h8-11,13,16-17,19H,6-7,12H2,1-5H3. The summed E-state index contributed by atoms with van der Waals surface area (Å²) in [5.41, 5.74) is 1.52. The minimum Gasteiger partial charge on any atom is -0.315 e. The Labute approximate surface area is 132 Å². The van der Waals surface area contributed by atoms with Gasteiger partial charge in [-0.3, -0.25) is 4.21 Å². The van der Waals surface area contributed by atoms with Gasteiger partial charge in [-0.1, -0.05) is 46.2 Å². The van der Waals surface area contributed by atoms with Crippen molar-refractivity contribution in [2.75, 3.05) is 7.05 Å². The van der Waals surface area contributed by atoms with Crippen LogP contribution in [0.2, 0.25) is 0 Å². The van der Waals surface area contributed by atoms with Crippen LogP contribution in [0.15, 0.2) is 29.2 Å². The average Bonchev–Trinajstić information content (AvgIpc) is 2.45. The summed E-state index contributed by atoms with van der Waals surface area (Å²) in [6.45, 7) is 8.96. The number of benzene rings is 1. The average molecular weight is 308 g/mol. The highest BCUT2D eigenvalue weighted by Crippen LogP contribution is 2.38. The topological polar surface area (TPSA) is 29.1 Å². The minimum atomic E-state index is -0.930. The molecule has 2 nitrogen and oxygen atoms in total. The van der Waals surface area contributed by atoms with Crippen LogP contribution in [0.3, 0.4) is 0 Å². The van der Waals surface area contributed by atoms with E-state index in [1.807, 2.05) is 7.05 Å². The van der Waals surface area contributed by atoms with Crippen molar-refractivity contribution in [3.63, 3.8) is 0 Å². The van der Waals surface area contributed by atoms with Crippen molar-refractivity contribution in [1.29, 1.82) is 0 Å². The SMILES string of the molecule is CNC1C(S(=O)c2ccc(C(C)C)cc2)CCCC1(C)C. The molecule has 2 rings (SSSR count). The van der Waals surface area contributed by atoms with Crippen LogP contribution >= 0.6 is 0 Å². The van der Waals surface area contributed by atoms with Gasteiger partial charge in [-0.05, 0) is 48.9 Å². The van der Waals surface area contributed by atoms with Crippen molar-refractivity contribution >= 4 is 10.8 Å². The molecule has 118 valence electrons. The molecule has 0 aromatic heterocycles. The summed E-state index contributed by atoms with van der Waals surface area (Å²) in [5, 5.41) is 3.64. The first kappa shape index (κ1) is 16.7. The van der Waals surface area contributed by atoms with E-state index in [9.17, 15) is 4.21 Å². The van der Waals surface area contributed by atoms with E-state index in [1.165, 1.54) is 18.4 Å². The molecule has 1 saturated carbocycles. The van der Waals surface area contributed by atoms with Crippen LogP contribution in [0.1, 0.15) is 58.4 Å². The van der Waals surface area contributed by atoms with E-state index in [1.54, 1.807) is 0 Å². The Morgan fingerprint density at radius 3 is 2.38 bits per heavy atom. The molecule has 21 heavy (non-hydrogen) atoms. The molecular weight excluding hydrogens is 278 g/mol. The lowest BCUT2D eigenvalue weighted by Gasteiger charge is -2.43. The zero-order valence-electron chi connectivity index (χ0n) is 14.0. The van der Waals surface area contributed by atoms with Crippen LogP contribution in [-0.2, 0) is 10.8 Å². The van der Waals surface area contributed by atoms with E-state index in [-0.39, 0.29) is 10.7 Å². The van der Waals surface area contributed by atoms with Crippen LogP contribution in [0.5, 0.6) is 0 Å². The molecule has 3 unspecified atom stereocenters. The molecular formula is C18H29NOS. The second-order valence-corrected chi connectivity index (χ2v) is 8.88. The predicted octanol–water partition coefficient (Wildman–Crippen LogP) is 4.08. The van der Waals surface area contributed by atoms with E-state index in [2.05, 4.69) is 57.3 Å². The predicted molar refractivity (Wildman–Crippen MR) is 91.2 cm³/mol. The second-order valence-electron chi connectivity index (χ2n) is 7.21. The first-order valence-corrected chi connectivity index (χ1v) is 9.26. The van der Waals surface area contributed by atoms with E-state index < -0.39 is 10.8 Å². The summed E-state index contributed by atoms with van der Waals surface area (Å²) in [6, 6.07) is 8.68. The highest BCUT2D eigenvalue weighted by molar-refractivity contribution is 7.85. The number of hydrogen-bond donors (Lipinski definition) is 1.